The van der Waals surface area contributed by atoms with Gasteiger partial charge in [0.15, 0.2) is 0 Å². The number of carbonyl (C=O) groups excluding carboxylic acids is 1. The number of carbonyl (C=O) groups is 2. The maximum absolute atomic E-state index is 11.9. The Bertz CT molecular complexity index is 1080. The zero-order valence-electron chi connectivity index (χ0n) is 17.4. The Labute approximate surface area is 174 Å². The van der Waals surface area contributed by atoms with Crippen LogP contribution in [0.5, 0.6) is 11.6 Å². The first kappa shape index (κ1) is 21.2. The molecule has 0 unspecified atom stereocenters. The van der Waals surface area contributed by atoms with E-state index in [9.17, 15) is 9.59 Å². The first-order chi connectivity index (χ1) is 14.1. The van der Waals surface area contributed by atoms with E-state index in [1.54, 1.807) is 49.7 Å². The van der Waals surface area contributed by atoms with E-state index in [1.165, 1.54) is 0 Å². The Morgan fingerprint density at radius 1 is 1.20 bits per heavy atom. The first-order valence-electron chi connectivity index (χ1n) is 9.52. The van der Waals surface area contributed by atoms with Crippen LogP contribution in [0.2, 0.25) is 0 Å². The molecule has 8 nitrogen and oxygen atoms in total. The van der Waals surface area contributed by atoms with Gasteiger partial charge in [0.2, 0.25) is 5.88 Å². The molecule has 3 rings (SSSR count). The lowest BCUT2D eigenvalue weighted by atomic mass is 10.2. The normalized spacial score (nSPS) is 11.3. The van der Waals surface area contributed by atoms with Crippen molar-refractivity contribution < 1.29 is 24.2 Å². The topological polar surface area (TPSA) is 103 Å². The Balaban J connectivity index is 1.78. The second kappa shape index (κ2) is 8.44. The van der Waals surface area contributed by atoms with Crippen LogP contribution in [0.1, 0.15) is 32.0 Å². The van der Waals surface area contributed by atoms with Crippen LogP contribution in [-0.2, 0) is 22.6 Å². The molecular formula is C22H25N3O5. The van der Waals surface area contributed by atoms with Gasteiger partial charge in [0.05, 0.1) is 5.52 Å². The van der Waals surface area contributed by atoms with Gasteiger partial charge in [-0.3, -0.25) is 4.79 Å². The quantitative estimate of drug-likeness (QED) is 0.629. The lowest BCUT2D eigenvalue weighted by molar-refractivity contribution is -0.137. The molecule has 8 heteroatoms. The van der Waals surface area contributed by atoms with Crippen molar-refractivity contribution in [1.82, 2.24) is 14.9 Å². The minimum Gasteiger partial charge on any atom is -0.480 e. The SMILES string of the molecule is Cc1cc(CNC(=O)OC(C)(C)C)cc(Oc2cccc3c2ccn3CC(=O)O)n1. The second-order valence-corrected chi connectivity index (χ2v) is 7.94. The fourth-order valence-corrected chi connectivity index (χ4v) is 3.03. The van der Waals surface area contributed by atoms with E-state index in [1.807, 2.05) is 25.1 Å². The first-order valence-corrected chi connectivity index (χ1v) is 9.52. The number of rotatable bonds is 6. The van der Waals surface area contributed by atoms with Gasteiger partial charge in [-0.15, -0.1) is 0 Å². The molecule has 0 aliphatic carbocycles. The van der Waals surface area contributed by atoms with Crippen LogP contribution in [0.4, 0.5) is 4.79 Å². The molecule has 3 aromatic rings. The number of carboxylic acid groups (broad SMARTS) is 1. The molecule has 1 aromatic carbocycles. The number of carboxylic acids is 1. The van der Waals surface area contributed by atoms with Gasteiger partial charge < -0.3 is 24.5 Å². The van der Waals surface area contributed by atoms with Crippen molar-refractivity contribution in [2.45, 2.75) is 46.4 Å². The molecule has 0 fully saturated rings. The highest BCUT2D eigenvalue weighted by atomic mass is 16.6. The molecule has 0 aliphatic heterocycles. The van der Waals surface area contributed by atoms with E-state index in [2.05, 4.69) is 10.3 Å². The lowest BCUT2D eigenvalue weighted by Gasteiger charge is -2.19. The van der Waals surface area contributed by atoms with Crippen LogP contribution in [0, 0.1) is 6.92 Å². The zero-order valence-corrected chi connectivity index (χ0v) is 17.4. The summed E-state index contributed by atoms with van der Waals surface area (Å²) in [6, 6.07) is 10.9. The number of ether oxygens (including phenoxy) is 2. The van der Waals surface area contributed by atoms with Crippen molar-refractivity contribution in [3.8, 4) is 11.6 Å². The third-order valence-electron chi connectivity index (χ3n) is 4.12. The summed E-state index contributed by atoms with van der Waals surface area (Å²) in [6.45, 7) is 7.40. The van der Waals surface area contributed by atoms with Crippen molar-refractivity contribution in [3.63, 3.8) is 0 Å². The molecule has 0 radical (unpaired) electrons. The molecule has 158 valence electrons. The predicted octanol–water partition coefficient (Wildman–Crippen LogP) is 4.25. The van der Waals surface area contributed by atoms with Gasteiger partial charge in [-0.2, -0.15) is 0 Å². The van der Waals surface area contributed by atoms with Crippen LogP contribution < -0.4 is 10.1 Å². The third-order valence-corrected chi connectivity index (χ3v) is 4.12. The highest BCUT2D eigenvalue weighted by molar-refractivity contribution is 5.87. The highest BCUT2D eigenvalue weighted by Gasteiger charge is 2.16. The van der Waals surface area contributed by atoms with Gasteiger partial charge in [0, 0.05) is 29.9 Å². The van der Waals surface area contributed by atoms with Crippen molar-refractivity contribution in [2.75, 3.05) is 0 Å². The Kier molecular flexibility index (Phi) is 5.96. The number of amides is 1. The smallest absolute Gasteiger partial charge is 0.407 e. The summed E-state index contributed by atoms with van der Waals surface area (Å²) in [5.74, 6) is 0.0385. The van der Waals surface area contributed by atoms with Gasteiger partial charge in [0.1, 0.15) is 17.9 Å². The van der Waals surface area contributed by atoms with Crippen LogP contribution in [0.25, 0.3) is 10.9 Å². The van der Waals surface area contributed by atoms with E-state index in [4.69, 9.17) is 14.6 Å². The Hall–Kier alpha value is -3.55. The number of nitrogens with zero attached hydrogens (tertiary/aromatic N) is 2. The molecular weight excluding hydrogens is 386 g/mol. The molecule has 0 saturated carbocycles. The number of alkyl carbamates (subject to hydrolysis) is 1. The molecule has 1 amide bonds. The van der Waals surface area contributed by atoms with Crippen LogP contribution in [0.3, 0.4) is 0 Å². The zero-order chi connectivity index (χ0) is 21.9. The number of pyridine rings is 1. The fourth-order valence-electron chi connectivity index (χ4n) is 3.03. The average Bonchev–Trinajstić information content (AvgIpc) is 3.01. The summed E-state index contributed by atoms with van der Waals surface area (Å²) < 4.78 is 12.9. The molecule has 0 aliphatic rings. The van der Waals surface area contributed by atoms with Gasteiger partial charge in [-0.1, -0.05) is 6.07 Å². The standard InChI is InChI=1S/C22H25N3O5/c1-14-10-15(12-23-21(28)30-22(2,3)4)11-19(24-14)29-18-7-5-6-17-16(18)8-9-25(17)13-20(26)27/h5-11H,12-13H2,1-4H3,(H,23,28)(H,26,27). The van der Waals surface area contributed by atoms with Gasteiger partial charge in [0.25, 0.3) is 0 Å². The number of benzene rings is 1. The predicted molar refractivity (Wildman–Crippen MR) is 112 cm³/mol. The largest absolute Gasteiger partial charge is 0.480 e. The minimum absolute atomic E-state index is 0.129. The Morgan fingerprint density at radius 3 is 2.67 bits per heavy atom. The van der Waals surface area contributed by atoms with Crippen molar-refractivity contribution in [1.29, 1.82) is 0 Å². The molecule has 0 saturated heterocycles. The van der Waals surface area contributed by atoms with Gasteiger partial charge in [-0.25, -0.2) is 9.78 Å². The maximum Gasteiger partial charge on any atom is 0.407 e. The summed E-state index contributed by atoms with van der Waals surface area (Å²) in [5, 5.41) is 12.6. The molecule has 2 N–H and O–H groups in total. The number of hydrogen-bond acceptors (Lipinski definition) is 5. The molecule has 0 spiro atoms. The molecule has 0 bridgehead atoms. The number of fused-ring (bicyclic) bond motifs is 1. The Morgan fingerprint density at radius 2 is 1.97 bits per heavy atom. The molecule has 2 heterocycles. The molecule has 30 heavy (non-hydrogen) atoms. The number of hydrogen-bond donors (Lipinski definition) is 2. The number of aryl methyl sites for hydroxylation is 1. The highest BCUT2D eigenvalue weighted by Crippen LogP contribution is 2.30. The maximum atomic E-state index is 11.9. The van der Waals surface area contributed by atoms with Crippen molar-refractivity contribution in [3.05, 3.63) is 53.9 Å². The van der Waals surface area contributed by atoms with E-state index in [-0.39, 0.29) is 13.1 Å². The second-order valence-electron chi connectivity index (χ2n) is 7.94. The van der Waals surface area contributed by atoms with Crippen LogP contribution >= 0.6 is 0 Å². The third kappa shape index (κ3) is 5.50. The van der Waals surface area contributed by atoms with Crippen LogP contribution in [-0.4, -0.2) is 32.3 Å². The van der Waals surface area contributed by atoms with Gasteiger partial charge >= 0.3 is 12.1 Å². The summed E-state index contributed by atoms with van der Waals surface area (Å²) >= 11 is 0. The van der Waals surface area contributed by atoms with E-state index in [0.717, 1.165) is 22.2 Å². The summed E-state index contributed by atoms with van der Waals surface area (Å²) in [7, 11) is 0. The monoisotopic (exact) mass is 411 g/mol. The average molecular weight is 411 g/mol. The number of aliphatic carboxylic acids is 1. The minimum atomic E-state index is -0.915. The van der Waals surface area contributed by atoms with E-state index in [0.29, 0.717) is 11.6 Å². The van der Waals surface area contributed by atoms with Crippen molar-refractivity contribution >= 4 is 23.0 Å². The number of aromatic nitrogens is 2. The number of nitrogens with one attached hydrogen (secondary N) is 1. The molecule has 0 atom stereocenters. The molecule has 2 aromatic heterocycles. The fraction of sp³-hybridized carbons (Fsp3) is 0.318. The lowest BCUT2D eigenvalue weighted by Crippen LogP contribution is -2.32. The van der Waals surface area contributed by atoms with E-state index >= 15 is 0 Å². The van der Waals surface area contributed by atoms with E-state index < -0.39 is 17.7 Å². The summed E-state index contributed by atoms with van der Waals surface area (Å²) in [4.78, 5) is 27.4. The van der Waals surface area contributed by atoms with Crippen molar-refractivity contribution in [2.24, 2.45) is 0 Å². The summed E-state index contributed by atoms with van der Waals surface area (Å²) in [6.07, 6.45) is 1.22. The van der Waals surface area contributed by atoms with Crippen LogP contribution in [0.15, 0.2) is 42.6 Å². The van der Waals surface area contributed by atoms with Gasteiger partial charge in [-0.05, 0) is 57.5 Å². The summed E-state index contributed by atoms with van der Waals surface area (Å²) in [5.41, 5.74) is 1.75.